The fourth-order valence-electron chi connectivity index (χ4n) is 5.97. The highest BCUT2D eigenvalue weighted by atomic mass is 35.5. The molecule has 2 aromatic carbocycles. The molecule has 4 atom stereocenters. The van der Waals surface area contributed by atoms with Crippen LogP contribution >= 0.6 is 34.5 Å². The third-order valence-electron chi connectivity index (χ3n) is 7.44. The fraction of sp³-hybridized carbons (Fsp3) is 0.379. The van der Waals surface area contributed by atoms with E-state index in [4.69, 9.17) is 27.9 Å². The van der Waals surface area contributed by atoms with Crippen LogP contribution < -0.4 is 16.0 Å². The lowest BCUT2D eigenvalue weighted by atomic mass is 9.62. The first-order chi connectivity index (χ1) is 19.4. The predicted molar refractivity (Wildman–Crippen MR) is 157 cm³/mol. The molecule has 0 bridgehead atoms. The molecule has 5 rings (SSSR count). The van der Waals surface area contributed by atoms with Gasteiger partial charge in [0.15, 0.2) is 10.8 Å². The van der Waals surface area contributed by atoms with Gasteiger partial charge in [0.1, 0.15) is 11.2 Å². The number of hydrogen-bond donors (Lipinski definition) is 3. The lowest BCUT2D eigenvalue weighted by molar-refractivity contribution is -0.122. The molecule has 1 unspecified atom stereocenters. The SMILES string of the molecule is CCOC(=O)c1csc(NC(=O)[C@@H]2NC(CC(C)(C)C)[C@@]3(C(=O)Nc4cc(Cl)ccc43)[C@H]2c2cccc(Cl)c2F)n1. The Balaban J connectivity index is 1.66. The van der Waals surface area contributed by atoms with Crippen LogP contribution in [0.3, 0.4) is 0 Å². The largest absolute Gasteiger partial charge is 0.461 e. The number of fused-ring (bicyclic) bond motifs is 2. The van der Waals surface area contributed by atoms with Crippen molar-refractivity contribution in [2.75, 3.05) is 17.2 Å². The summed E-state index contributed by atoms with van der Waals surface area (Å²) in [7, 11) is 0. The monoisotopic (exact) mass is 618 g/mol. The molecule has 2 aliphatic heterocycles. The number of nitrogens with one attached hydrogen (secondary N) is 3. The van der Waals surface area contributed by atoms with Crippen molar-refractivity contribution >= 4 is 63.1 Å². The molecule has 1 aromatic heterocycles. The van der Waals surface area contributed by atoms with E-state index in [-0.39, 0.29) is 39.3 Å². The van der Waals surface area contributed by atoms with E-state index >= 15 is 4.39 Å². The van der Waals surface area contributed by atoms with E-state index in [0.717, 1.165) is 11.3 Å². The van der Waals surface area contributed by atoms with Crippen molar-refractivity contribution in [1.82, 2.24) is 10.3 Å². The van der Waals surface area contributed by atoms with E-state index in [0.29, 0.717) is 22.7 Å². The second-order valence-corrected chi connectivity index (χ2v) is 13.0. The van der Waals surface area contributed by atoms with E-state index in [9.17, 15) is 14.4 Å². The molecular weight excluding hydrogens is 590 g/mol. The normalized spacial score (nSPS) is 23.4. The van der Waals surface area contributed by atoms with Gasteiger partial charge in [-0.1, -0.05) is 62.2 Å². The molecule has 216 valence electrons. The summed E-state index contributed by atoms with van der Waals surface area (Å²) in [6, 6.07) is 8.03. The molecule has 41 heavy (non-hydrogen) atoms. The molecule has 12 heteroatoms. The molecule has 3 heterocycles. The minimum absolute atomic E-state index is 0.0621. The van der Waals surface area contributed by atoms with Crippen molar-refractivity contribution in [3.05, 3.63) is 74.5 Å². The second-order valence-electron chi connectivity index (χ2n) is 11.3. The van der Waals surface area contributed by atoms with Gasteiger partial charge in [0.25, 0.3) is 0 Å². The van der Waals surface area contributed by atoms with Crippen LogP contribution in [0.4, 0.5) is 15.2 Å². The number of carbonyl (C=O) groups is 3. The van der Waals surface area contributed by atoms with Gasteiger partial charge in [0.05, 0.1) is 17.7 Å². The highest BCUT2D eigenvalue weighted by Gasteiger charge is 2.66. The first-order valence-corrected chi connectivity index (χ1v) is 14.7. The smallest absolute Gasteiger partial charge is 0.357 e. The molecule has 3 aromatic rings. The number of halogens is 3. The first-order valence-electron chi connectivity index (χ1n) is 13.1. The summed E-state index contributed by atoms with van der Waals surface area (Å²) in [5, 5.41) is 11.1. The number of rotatable bonds is 6. The van der Waals surface area contributed by atoms with Crippen LogP contribution in [-0.4, -0.2) is 41.5 Å². The van der Waals surface area contributed by atoms with Crippen molar-refractivity contribution in [3.8, 4) is 0 Å². The van der Waals surface area contributed by atoms with Crippen LogP contribution in [0.15, 0.2) is 41.8 Å². The summed E-state index contributed by atoms with van der Waals surface area (Å²) in [6.45, 7) is 7.97. The van der Waals surface area contributed by atoms with Crippen molar-refractivity contribution in [3.63, 3.8) is 0 Å². The van der Waals surface area contributed by atoms with Crippen LogP contribution in [0, 0.1) is 11.2 Å². The first kappa shape index (κ1) is 29.4. The number of aromatic nitrogens is 1. The molecule has 0 saturated carbocycles. The molecule has 1 spiro atoms. The van der Waals surface area contributed by atoms with Gasteiger partial charge in [-0.05, 0) is 48.1 Å². The maximum Gasteiger partial charge on any atom is 0.357 e. The van der Waals surface area contributed by atoms with Gasteiger partial charge in [-0.15, -0.1) is 11.3 Å². The average Bonchev–Trinajstić information content (AvgIpc) is 3.56. The van der Waals surface area contributed by atoms with Crippen LogP contribution in [0.25, 0.3) is 0 Å². The number of thiazole rings is 1. The van der Waals surface area contributed by atoms with Crippen LogP contribution in [0.2, 0.25) is 10.0 Å². The predicted octanol–water partition coefficient (Wildman–Crippen LogP) is 6.15. The topological polar surface area (TPSA) is 109 Å². The van der Waals surface area contributed by atoms with Gasteiger partial charge in [-0.3, -0.25) is 9.59 Å². The number of esters is 1. The Morgan fingerprint density at radius 2 is 1.98 bits per heavy atom. The molecule has 0 radical (unpaired) electrons. The quantitative estimate of drug-likeness (QED) is 0.286. The number of hydrogen-bond acceptors (Lipinski definition) is 7. The van der Waals surface area contributed by atoms with E-state index in [1.54, 1.807) is 37.3 Å². The van der Waals surface area contributed by atoms with Crippen molar-refractivity contribution in [2.24, 2.45) is 5.41 Å². The Morgan fingerprint density at radius 3 is 2.68 bits per heavy atom. The van der Waals surface area contributed by atoms with Gasteiger partial charge in [-0.2, -0.15) is 0 Å². The van der Waals surface area contributed by atoms with Gasteiger partial charge in [-0.25, -0.2) is 14.2 Å². The van der Waals surface area contributed by atoms with Crippen LogP contribution in [0.1, 0.15) is 61.6 Å². The van der Waals surface area contributed by atoms with Crippen molar-refractivity contribution < 1.29 is 23.5 Å². The van der Waals surface area contributed by atoms with Crippen molar-refractivity contribution in [2.45, 2.75) is 57.5 Å². The van der Waals surface area contributed by atoms with E-state index in [1.165, 1.54) is 11.4 Å². The number of amides is 2. The van der Waals surface area contributed by atoms with Gasteiger partial charge in [0, 0.05) is 28.0 Å². The molecule has 1 fully saturated rings. The maximum absolute atomic E-state index is 15.8. The zero-order chi connectivity index (χ0) is 29.7. The molecular formula is C29H29Cl2FN4O4S. The van der Waals surface area contributed by atoms with Crippen LogP contribution in [-0.2, 0) is 19.7 Å². The van der Waals surface area contributed by atoms with E-state index in [2.05, 4.69) is 20.9 Å². The summed E-state index contributed by atoms with van der Waals surface area (Å²) in [5.41, 5.74) is -0.326. The highest BCUT2D eigenvalue weighted by molar-refractivity contribution is 7.14. The number of anilines is 2. The number of nitrogens with zero attached hydrogens (tertiary/aromatic N) is 1. The van der Waals surface area contributed by atoms with E-state index < -0.39 is 41.1 Å². The molecule has 2 aliphatic rings. The van der Waals surface area contributed by atoms with E-state index in [1.807, 2.05) is 20.8 Å². The Labute approximate surface area is 251 Å². The van der Waals surface area contributed by atoms with Crippen molar-refractivity contribution in [1.29, 1.82) is 0 Å². The molecule has 8 nitrogen and oxygen atoms in total. The fourth-order valence-corrected chi connectivity index (χ4v) is 7.00. The zero-order valence-corrected chi connectivity index (χ0v) is 25.1. The summed E-state index contributed by atoms with van der Waals surface area (Å²) < 4.78 is 20.8. The zero-order valence-electron chi connectivity index (χ0n) is 22.8. The Kier molecular flexibility index (Phi) is 7.88. The van der Waals surface area contributed by atoms with Gasteiger partial charge in [0.2, 0.25) is 11.8 Å². The van der Waals surface area contributed by atoms with Gasteiger partial charge >= 0.3 is 5.97 Å². The number of ether oxygens (including phenoxy) is 1. The molecule has 0 aliphatic carbocycles. The standard InChI is InChI=1S/C29H29Cl2FN4O4S/c1-5-40-25(38)19-13-41-27(34-19)36-24(37)23-21(15-7-6-8-17(31)22(15)32)29(20(35-23)12-28(2,3)4)16-10-9-14(30)11-18(16)33-26(29)39/h6-11,13,20-21,23,35H,5,12H2,1-4H3,(H,33,39)(H,34,36,37)/t20?,21-,23+,29+/m0/s1. The van der Waals surface area contributed by atoms with Gasteiger partial charge < -0.3 is 20.7 Å². The summed E-state index contributed by atoms with van der Waals surface area (Å²) >= 11 is 13.6. The Bertz CT molecular complexity index is 1540. The molecule has 3 N–H and O–H groups in total. The number of carbonyl (C=O) groups excluding carboxylic acids is 3. The Hall–Kier alpha value is -3.05. The highest BCUT2D eigenvalue weighted by Crippen LogP contribution is 2.57. The third-order valence-corrected chi connectivity index (χ3v) is 8.72. The summed E-state index contributed by atoms with van der Waals surface area (Å²) in [4.78, 5) is 44.5. The summed E-state index contributed by atoms with van der Waals surface area (Å²) in [5.74, 6) is -3.21. The minimum Gasteiger partial charge on any atom is -0.461 e. The Morgan fingerprint density at radius 1 is 1.22 bits per heavy atom. The minimum atomic E-state index is -1.38. The number of benzene rings is 2. The van der Waals surface area contributed by atoms with Crippen LogP contribution in [0.5, 0.6) is 0 Å². The maximum atomic E-state index is 15.8. The third kappa shape index (κ3) is 5.22. The molecule has 1 saturated heterocycles. The lowest BCUT2D eigenvalue weighted by Crippen LogP contribution is -2.49. The second kappa shape index (κ2) is 11.0. The summed E-state index contributed by atoms with van der Waals surface area (Å²) in [6.07, 6.45) is 0.481. The average molecular weight is 620 g/mol. The molecule has 2 amide bonds. The lowest BCUT2D eigenvalue weighted by Gasteiger charge is -2.37.